The van der Waals surface area contributed by atoms with Gasteiger partial charge in [0.1, 0.15) is 5.69 Å². The Morgan fingerprint density at radius 1 is 1.24 bits per heavy atom. The van der Waals surface area contributed by atoms with Gasteiger partial charge in [-0.25, -0.2) is 4.98 Å². The molecule has 3 heterocycles. The number of pyridine rings is 1. The van der Waals surface area contributed by atoms with Crippen molar-refractivity contribution in [3.63, 3.8) is 0 Å². The number of carbonyl (C=O) groups excluding carboxylic acids is 2. The maximum Gasteiger partial charge on any atom is 0.272 e. The fourth-order valence-electron chi connectivity index (χ4n) is 2.76. The van der Waals surface area contributed by atoms with Crippen molar-refractivity contribution in [1.82, 2.24) is 25.0 Å². The molecule has 1 aliphatic heterocycles. The lowest BCUT2D eigenvalue weighted by atomic mass is 10.2. The smallest absolute Gasteiger partial charge is 0.272 e. The minimum Gasteiger partial charge on any atom is -0.350 e. The molecule has 0 aliphatic carbocycles. The lowest BCUT2D eigenvalue weighted by Crippen LogP contribution is -2.38. The van der Waals surface area contributed by atoms with Gasteiger partial charge in [-0.15, -0.1) is 0 Å². The zero-order valence-electron chi connectivity index (χ0n) is 14.8. The largest absolute Gasteiger partial charge is 0.350 e. The van der Waals surface area contributed by atoms with Crippen LogP contribution in [0, 0.1) is 12.8 Å². The molecule has 2 aromatic rings. The Kier molecular flexibility index (Phi) is 4.83. The monoisotopic (exact) mass is 341 g/mol. The summed E-state index contributed by atoms with van der Waals surface area (Å²) in [5.74, 6) is 0.118. The second-order valence-corrected chi connectivity index (χ2v) is 6.74. The number of fused-ring (bicyclic) bond motifs is 1. The Labute approximate surface area is 147 Å². The van der Waals surface area contributed by atoms with Gasteiger partial charge in [-0.2, -0.15) is 5.10 Å². The topological polar surface area (TPSA) is 80.1 Å². The van der Waals surface area contributed by atoms with Crippen LogP contribution in [0.3, 0.4) is 0 Å². The molecule has 0 spiro atoms. The molecule has 0 fully saturated rings. The summed E-state index contributed by atoms with van der Waals surface area (Å²) < 4.78 is 1.80. The Bertz CT molecular complexity index is 797. The number of nitrogens with zero attached hydrogens (tertiary/aromatic N) is 4. The van der Waals surface area contributed by atoms with Crippen LogP contribution in [-0.4, -0.2) is 44.6 Å². The summed E-state index contributed by atoms with van der Waals surface area (Å²) in [6, 6.07) is 7.19. The number of nitrogens with one attached hydrogen (secondary N) is 1. The van der Waals surface area contributed by atoms with Crippen molar-refractivity contribution >= 4 is 11.8 Å². The van der Waals surface area contributed by atoms with Crippen molar-refractivity contribution in [1.29, 1.82) is 0 Å². The standard InChI is InChI=1S/C18H23N5O2/c1-12(2)10-19-17(24)16-9-14-11-22(7-8-23(14)21-16)18(25)15-6-4-5-13(3)20-15/h4-6,9,12H,7-8,10-11H2,1-3H3,(H,19,24). The Balaban J connectivity index is 1.71. The first-order valence-electron chi connectivity index (χ1n) is 8.52. The van der Waals surface area contributed by atoms with E-state index >= 15 is 0 Å². The van der Waals surface area contributed by atoms with Gasteiger partial charge in [0.25, 0.3) is 11.8 Å². The van der Waals surface area contributed by atoms with Crippen LogP contribution in [0.1, 0.15) is 46.2 Å². The fourth-order valence-corrected chi connectivity index (χ4v) is 2.76. The molecule has 0 bridgehead atoms. The highest BCUT2D eigenvalue weighted by Gasteiger charge is 2.25. The molecule has 132 valence electrons. The molecule has 1 aliphatic rings. The highest BCUT2D eigenvalue weighted by atomic mass is 16.2. The molecule has 1 N–H and O–H groups in total. The van der Waals surface area contributed by atoms with Gasteiger partial charge in [-0.3, -0.25) is 14.3 Å². The lowest BCUT2D eigenvalue weighted by molar-refractivity contribution is 0.0699. The summed E-state index contributed by atoms with van der Waals surface area (Å²) in [4.78, 5) is 30.8. The molecule has 25 heavy (non-hydrogen) atoms. The first-order valence-corrected chi connectivity index (χ1v) is 8.52. The van der Waals surface area contributed by atoms with E-state index < -0.39 is 0 Å². The zero-order valence-corrected chi connectivity index (χ0v) is 14.8. The van der Waals surface area contributed by atoms with E-state index in [0.717, 1.165) is 11.4 Å². The highest BCUT2D eigenvalue weighted by molar-refractivity contribution is 5.93. The number of amides is 2. The van der Waals surface area contributed by atoms with Crippen molar-refractivity contribution in [2.75, 3.05) is 13.1 Å². The molecule has 0 aromatic carbocycles. The Hall–Kier alpha value is -2.70. The van der Waals surface area contributed by atoms with E-state index in [9.17, 15) is 9.59 Å². The molecule has 0 saturated heterocycles. The van der Waals surface area contributed by atoms with Gasteiger partial charge >= 0.3 is 0 Å². The van der Waals surface area contributed by atoms with Crippen LogP contribution in [0.5, 0.6) is 0 Å². The predicted octanol–water partition coefficient (Wildman–Crippen LogP) is 1.63. The first kappa shape index (κ1) is 17.1. The molecular formula is C18H23N5O2. The lowest BCUT2D eigenvalue weighted by Gasteiger charge is -2.27. The first-order chi connectivity index (χ1) is 11.9. The van der Waals surface area contributed by atoms with Crippen molar-refractivity contribution in [3.8, 4) is 0 Å². The number of aryl methyl sites for hydroxylation is 1. The van der Waals surface area contributed by atoms with E-state index in [4.69, 9.17) is 0 Å². The predicted molar refractivity (Wildman–Crippen MR) is 93.1 cm³/mol. The normalized spacial score (nSPS) is 13.7. The summed E-state index contributed by atoms with van der Waals surface area (Å²) in [5.41, 5.74) is 2.53. The van der Waals surface area contributed by atoms with Crippen molar-refractivity contribution in [2.45, 2.75) is 33.9 Å². The SMILES string of the molecule is Cc1cccc(C(=O)N2CCn3nc(C(=O)NCC(C)C)cc3C2)n1. The average molecular weight is 341 g/mol. The molecule has 0 saturated carbocycles. The molecule has 0 unspecified atom stereocenters. The molecule has 2 amide bonds. The summed E-state index contributed by atoms with van der Waals surface area (Å²) >= 11 is 0. The fraction of sp³-hybridized carbons (Fsp3) is 0.444. The van der Waals surface area contributed by atoms with E-state index in [0.29, 0.717) is 43.5 Å². The number of aromatic nitrogens is 3. The van der Waals surface area contributed by atoms with Crippen LogP contribution in [0.15, 0.2) is 24.3 Å². The second-order valence-electron chi connectivity index (χ2n) is 6.74. The number of rotatable bonds is 4. The number of carbonyl (C=O) groups is 2. The van der Waals surface area contributed by atoms with E-state index in [-0.39, 0.29) is 11.8 Å². The quantitative estimate of drug-likeness (QED) is 0.916. The van der Waals surface area contributed by atoms with Gasteiger partial charge in [-0.1, -0.05) is 19.9 Å². The van der Waals surface area contributed by atoms with Crippen LogP contribution in [0.2, 0.25) is 0 Å². The van der Waals surface area contributed by atoms with E-state index in [1.165, 1.54) is 0 Å². The van der Waals surface area contributed by atoms with E-state index in [1.54, 1.807) is 21.7 Å². The Morgan fingerprint density at radius 2 is 2.04 bits per heavy atom. The van der Waals surface area contributed by atoms with Gasteiger partial charge in [0, 0.05) is 18.8 Å². The molecule has 7 nitrogen and oxygen atoms in total. The van der Waals surface area contributed by atoms with Crippen LogP contribution in [0.25, 0.3) is 0 Å². The third-order valence-corrected chi connectivity index (χ3v) is 4.10. The van der Waals surface area contributed by atoms with Crippen molar-refractivity contribution < 1.29 is 9.59 Å². The molecule has 0 atom stereocenters. The molecular weight excluding hydrogens is 318 g/mol. The summed E-state index contributed by atoms with van der Waals surface area (Å²) in [7, 11) is 0. The van der Waals surface area contributed by atoms with Gasteiger partial charge < -0.3 is 10.2 Å². The van der Waals surface area contributed by atoms with Gasteiger partial charge in [-0.05, 0) is 31.0 Å². The molecule has 3 rings (SSSR count). The zero-order chi connectivity index (χ0) is 18.0. The summed E-state index contributed by atoms with van der Waals surface area (Å²) in [6.07, 6.45) is 0. The van der Waals surface area contributed by atoms with Crippen LogP contribution in [-0.2, 0) is 13.1 Å². The van der Waals surface area contributed by atoms with Crippen LogP contribution >= 0.6 is 0 Å². The summed E-state index contributed by atoms with van der Waals surface area (Å²) in [5, 5.41) is 7.23. The number of hydrogen-bond donors (Lipinski definition) is 1. The van der Waals surface area contributed by atoms with Gasteiger partial charge in [0.2, 0.25) is 0 Å². The van der Waals surface area contributed by atoms with Gasteiger partial charge in [0.05, 0.1) is 18.8 Å². The minimum absolute atomic E-state index is 0.0954. The third-order valence-electron chi connectivity index (χ3n) is 4.10. The Morgan fingerprint density at radius 3 is 2.76 bits per heavy atom. The van der Waals surface area contributed by atoms with E-state index in [1.807, 2.05) is 32.9 Å². The average Bonchev–Trinajstić information content (AvgIpc) is 3.02. The van der Waals surface area contributed by atoms with Crippen LogP contribution < -0.4 is 5.32 Å². The molecule has 7 heteroatoms. The van der Waals surface area contributed by atoms with Crippen molar-refractivity contribution in [2.24, 2.45) is 5.92 Å². The maximum atomic E-state index is 12.6. The minimum atomic E-state index is -0.172. The van der Waals surface area contributed by atoms with E-state index in [2.05, 4.69) is 15.4 Å². The maximum absolute atomic E-state index is 12.6. The third kappa shape index (κ3) is 3.87. The van der Waals surface area contributed by atoms with Gasteiger partial charge in [0.15, 0.2) is 5.69 Å². The van der Waals surface area contributed by atoms with Crippen LogP contribution in [0.4, 0.5) is 0 Å². The van der Waals surface area contributed by atoms with Crippen molar-refractivity contribution in [3.05, 3.63) is 47.0 Å². The molecule has 0 radical (unpaired) electrons. The molecule has 2 aromatic heterocycles. The highest BCUT2D eigenvalue weighted by Crippen LogP contribution is 2.16. The number of hydrogen-bond acceptors (Lipinski definition) is 4. The second kappa shape index (κ2) is 7.04. The summed E-state index contributed by atoms with van der Waals surface area (Å²) in [6.45, 7) is 8.12.